The van der Waals surface area contributed by atoms with Gasteiger partial charge in [-0.2, -0.15) is 0 Å². The van der Waals surface area contributed by atoms with Gasteiger partial charge in [0.05, 0.1) is 12.7 Å². The standard InChI is InChI=1S/C19H29NO/c1-15-5-4-8-19(13-15)21-14-17-7-3-2-6-16(17)11-12-20-18-9-10-18/h2-3,6-7,15,18-20H,4-5,8-14H2,1H3. The lowest BCUT2D eigenvalue weighted by Crippen LogP contribution is -2.22. The van der Waals surface area contributed by atoms with E-state index in [9.17, 15) is 0 Å². The van der Waals surface area contributed by atoms with E-state index in [-0.39, 0.29) is 0 Å². The van der Waals surface area contributed by atoms with Crippen LogP contribution in [0.25, 0.3) is 0 Å². The number of ether oxygens (including phenoxy) is 1. The van der Waals surface area contributed by atoms with E-state index in [4.69, 9.17) is 4.74 Å². The predicted octanol–water partition coefficient (Wildman–Crippen LogP) is 4.08. The molecule has 2 unspecified atom stereocenters. The highest BCUT2D eigenvalue weighted by atomic mass is 16.5. The molecule has 2 heteroatoms. The first-order valence-electron chi connectivity index (χ1n) is 8.73. The maximum atomic E-state index is 6.20. The Morgan fingerprint density at radius 1 is 1.10 bits per heavy atom. The second-order valence-electron chi connectivity index (χ2n) is 6.95. The summed E-state index contributed by atoms with van der Waals surface area (Å²) in [5.41, 5.74) is 2.84. The summed E-state index contributed by atoms with van der Waals surface area (Å²) in [6.07, 6.45) is 9.53. The minimum atomic E-state index is 0.478. The van der Waals surface area contributed by atoms with Crippen molar-refractivity contribution in [3.63, 3.8) is 0 Å². The van der Waals surface area contributed by atoms with E-state index >= 15 is 0 Å². The Labute approximate surface area is 129 Å². The number of benzene rings is 1. The highest BCUT2D eigenvalue weighted by Crippen LogP contribution is 2.26. The molecule has 21 heavy (non-hydrogen) atoms. The van der Waals surface area contributed by atoms with Crippen molar-refractivity contribution in [3.05, 3.63) is 35.4 Å². The van der Waals surface area contributed by atoms with E-state index in [1.807, 2.05) is 0 Å². The van der Waals surface area contributed by atoms with Crippen molar-refractivity contribution in [2.75, 3.05) is 6.54 Å². The molecule has 2 saturated carbocycles. The van der Waals surface area contributed by atoms with Crippen LogP contribution in [0.1, 0.15) is 56.6 Å². The molecule has 2 aliphatic rings. The van der Waals surface area contributed by atoms with Crippen LogP contribution in [-0.2, 0) is 17.8 Å². The van der Waals surface area contributed by atoms with Gasteiger partial charge in [-0.3, -0.25) is 0 Å². The fraction of sp³-hybridized carbons (Fsp3) is 0.684. The van der Waals surface area contributed by atoms with Crippen LogP contribution >= 0.6 is 0 Å². The fourth-order valence-corrected chi connectivity index (χ4v) is 3.38. The Morgan fingerprint density at radius 2 is 1.90 bits per heavy atom. The molecule has 0 bridgehead atoms. The van der Waals surface area contributed by atoms with Gasteiger partial charge in [-0.15, -0.1) is 0 Å². The van der Waals surface area contributed by atoms with Gasteiger partial charge in [0, 0.05) is 6.04 Å². The molecular weight excluding hydrogens is 258 g/mol. The molecule has 1 aromatic carbocycles. The molecule has 116 valence electrons. The maximum absolute atomic E-state index is 6.20. The van der Waals surface area contributed by atoms with E-state index < -0.39 is 0 Å². The van der Waals surface area contributed by atoms with Crippen LogP contribution in [0, 0.1) is 5.92 Å². The molecule has 0 radical (unpaired) electrons. The van der Waals surface area contributed by atoms with Crippen LogP contribution in [0.4, 0.5) is 0 Å². The molecule has 2 aliphatic carbocycles. The Bertz CT molecular complexity index is 441. The second-order valence-corrected chi connectivity index (χ2v) is 6.95. The van der Waals surface area contributed by atoms with Gasteiger partial charge < -0.3 is 10.1 Å². The van der Waals surface area contributed by atoms with E-state index in [2.05, 4.69) is 36.5 Å². The van der Waals surface area contributed by atoms with Crippen molar-refractivity contribution in [1.82, 2.24) is 5.32 Å². The first kappa shape index (κ1) is 15.1. The van der Waals surface area contributed by atoms with Gasteiger partial charge >= 0.3 is 0 Å². The summed E-state index contributed by atoms with van der Waals surface area (Å²) < 4.78 is 6.20. The molecule has 0 aliphatic heterocycles. The Hall–Kier alpha value is -0.860. The van der Waals surface area contributed by atoms with Crippen molar-refractivity contribution >= 4 is 0 Å². The Morgan fingerprint density at radius 3 is 2.67 bits per heavy atom. The largest absolute Gasteiger partial charge is 0.374 e. The first-order chi connectivity index (χ1) is 10.3. The van der Waals surface area contributed by atoms with E-state index in [1.54, 1.807) is 0 Å². The number of hydrogen-bond donors (Lipinski definition) is 1. The van der Waals surface area contributed by atoms with E-state index in [0.29, 0.717) is 6.10 Å². The molecule has 3 rings (SSSR count). The van der Waals surface area contributed by atoms with Gasteiger partial charge in [0.1, 0.15) is 0 Å². The van der Waals surface area contributed by atoms with Crippen LogP contribution in [0.2, 0.25) is 0 Å². The second kappa shape index (κ2) is 7.42. The first-order valence-corrected chi connectivity index (χ1v) is 8.73. The third-order valence-electron chi connectivity index (χ3n) is 4.89. The SMILES string of the molecule is CC1CCCC(OCc2ccccc2CCNC2CC2)C1. The smallest absolute Gasteiger partial charge is 0.0723 e. The Kier molecular flexibility index (Phi) is 5.32. The maximum Gasteiger partial charge on any atom is 0.0723 e. The molecule has 2 fully saturated rings. The van der Waals surface area contributed by atoms with Gasteiger partial charge in [0.2, 0.25) is 0 Å². The molecule has 0 heterocycles. The van der Waals surface area contributed by atoms with Crippen LogP contribution in [0.3, 0.4) is 0 Å². The minimum Gasteiger partial charge on any atom is -0.374 e. The van der Waals surface area contributed by atoms with Gasteiger partial charge in [0.15, 0.2) is 0 Å². The summed E-state index contributed by atoms with van der Waals surface area (Å²) in [5.74, 6) is 0.835. The summed E-state index contributed by atoms with van der Waals surface area (Å²) in [5, 5.41) is 3.60. The zero-order valence-corrected chi connectivity index (χ0v) is 13.3. The quantitative estimate of drug-likeness (QED) is 0.816. The summed E-state index contributed by atoms with van der Waals surface area (Å²) >= 11 is 0. The highest BCUT2D eigenvalue weighted by Gasteiger charge is 2.21. The lowest BCUT2D eigenvalue weighted by Gasteiger charge is -2.27. The Balaban J connectivity index is 1.49. The molecule has 0 saturated heterocycles. The van der Waals surface area contributed by atoms with Crippen molar-refractivity contribution in [1.29, 1.82) is 0 Å². The lowest BCUT2D eigenvalue weighted by molar-refractivity contribution is 0.00439. The molecule has 0 spiro atoms. The summed E-state index contributed by atoms with van der Waals surface area (Å²) in [6.45, 7) is 4.24. The molecule has 0 amide bonds. The van der Waals surface area contributed by atoms with Gasteiger partial charge in [0.25, 0.3) is 0 Å². The van der Waals surface area contributed by atoms with Crippen LogP contribution in [-0.4, -0.2) is 18.7 Å². The van der Waals surface area contributed by atoms with Crippen molar-refractivity contribution in [2.45, 2.75) is 70.6 Å². The number of rotatable bonds is 7. The summed E-state index contributed by atoms with van der Waals surface area (Å²) in [7, 11) is 0. The van der Waals surface area contributed by atoms with Crippen molar-refractivity contribution in [2.24, 2.45) is 5.92 Å². The van der Waals surface area contributed by atoms with Gasteiger partial charge in [-0.1, -0.05) is 44.0 Å². The summed E-state index contributed by atoms with van der Waals surface area (Å²) in [4.78, 5) is 0. The lowest BCUT2D eigenvalue weighted by atomic mass is 9.89. The van der Waals surface area contributed by atoms with Crippen LogP contribution < -0.4 is 5.32 Å². The fourth-order valence-electron chi connectivity index (χ4n) is 3.38. The van der Waals surface area contributed by atoms with E-state index in [0.717, 1.165) is 31.5 Å². The zero-order chi connectivity index (χ0) is 14.5. The predicted molar refractivity (Wildman–Crippen MR) is 87.4 cm³/mol. The topological polar surface area (TPSA) is 21.3 Å². The highest BCUT2D eigenvalue weighted by molar-refractivity contribution is 5.26. The average molecular weight is 287 g/mol. The van der Waals surface area contributed by atoms with Crippen molar-refractivity contribution < 1.29 is 4.74 Å². The monoisotopic (exact) mass is 287 g/mol. The summed E-state index contributed by atoms with van der Waals surface area (Å²) in [6, 6.07) is 9.59. The van der Waals surface area contributed by atoms with Crippen LogP contribution in [0.15, 0.2) is 24.3 Å². The average Bonchev–Trinajstić information content (AvgIpc) is 3.31. The third kappa shape index (κ3) is 4.82. The van der Waals surface area contributed by atoms with E-state index in [1.165, 1.54) is 49.7 Å². The molecule has 0 aromatic heterocycles. The molecule has 1 aromatic rings. The normalized spacial score (nSPS) is 26.0. The number of nitrogens with one attached hydrogen (secondary N) is 1. The molecule has 2 atom stereocenters. The van der Waals surface area contributed by atoms with Gasteiger partial charge in [-0.05, 0) is 55.7 Å². The molecular formula is C19H29NO. The zero-order valence-electron chi connectivity index (χ0n) is 13.3. The minimum absolute atomic E-state index is 0.478. The van der Waals surface area contributed by atoms with Crippen LogP contribution in [0.5, 0.6) is 0 Å². The number of hydrogen-bond acceptors (Lipinski definition) is 2. The molecule has 1 N–H and O–H groups in total. The van der Waals surface area contributed by atoms with Gasteiger partial charge in [-0.25, -0.2) is 0 Å². The van der Waals surface area contributed by atoms with Crippen molar-refractivity contribution in [3.8, 4) is 0 Å². The molecule has 2 nitrogen and oxygen atoms in total. The third-order valence-corrected chi connectivity index (χ3v) is 4.89.